The van der Waals surface area contributed by atoms with E-state index in [-0.39, 0.29) is 25.7 Å². The van der Waals surface area contributed by atoms with Gasteiger partial charge in [0.15, 0.2) is 12.2 Å². The fourth-order valence-electron chi connectivity index (χ4n) is 9.81. The molecule has 17 nitrogen and oxygen atoms in total. The van der Waals surface area contributed by atoms with Crippen molar-refractivity contribution in [2.45, 2.75) is 329 Å². The van der Waals surface area contributed by atoms with E-state index in [1.54, 1.807) is 0 Å². The first-order valence-electron chi connectivity index (χ1n) is 37.5. The molecule has 0 aromatic carbocycles. The highest BCUT2D eigenvalue weighted by atomic mass is 31.2. The van der Waals surface area contributed by atoms with E-state index < -0.39 is 97.5 Å². The molecule has 0 saturated heterocycles. The maximum atomic E-state index is 13.0. The minimum atomic E-state index is -4.99. The summed E-state index contributed by atoms with van der Waals surface area (Å²) in [7, 11) is -9.96. The highest BCUT2D eigenvalue weighted by Crippen LogP contribution is 2.45. The maximum Gasteiger partial charge on any atom is 0.472 e. The smallest absolute Gasteiger partial charge is 0.462 e. The zero-order valence-electron chi connectivity index (χ0n) is 60.3. The lowest BCUT2D eigenvalue weighted by atomic mass is 10.0. The van der Waals surface area contributed by atoms with Crippen LogP contribution < -0.4 is 0 Å². The van der Waals surface area contributed by atoms with Crippen LogP contribution in [0.3, 0.4) is 0 Å². The summed E-state index contributed by atoms with van der Waals surface area (Å²) in [5, 5.41) is 10.6. The van der Waals surface area contributed by atoms with E-state index in [1.807, 2.05) is 18.2 Å². The van der Waals surface area contributed by atoms with E-state index in [2.05, 4.69) is 107 Å². The normalized spacial score (nSPS) is 14.5. The third-order valence-electron chi connectivity index (χ3n) is 15.5. The molecule has 0 saturated carbocycles. The molecule has 5 unspecified atom stereocenters. The van der Waals surface area contributed by atoms with Crippen LogP contribution in [0, 0.1) is 0 Å². The van der Waals surface area contributed by atoms with Crippen molar-refractivity contribution in [1.29, 1.82) is 0 Å². The molecule has 5 atom stereocenters. The summed E-state index contributed by atoms with van der Waals surface area (Å²) in [6.45, 7) is 4.61. The molecular formula is C77H134O17P2. The second kappa shape index (κ2) is 69.5. The van der Waals surface area contributed by atoms with Gasteiger partial charge in [-0.15, -0.1) is 0 Å². The van der Waals surface area contributed by atoms with Crippen LogP contribution >= 0.6 is 15.6 Å². The number of esters is 4. The van der Waals surface area contributed by atoms with Crippen LogP contribution in [0.1, 0.15) is 310 Å². The van der Waals surface area contributed by atoms with E-state index in [0.717, 1.165) is 128 Å². The second-order valence-corrected chi connectivity index (χ2v) is 27.8. The van der Waals surface area contributed by atoms with Gasteiger partial charge in [-0.1, -0.05) is 273 Å². The lowest BCUT2D eigenvalue weighted by Crippen LogP contribution is -2.30. The SMILES string of the molecule is CC/C=C\C/C=C\C/C=C\C/C=C\C/C=C\C/C=C\CCC(=O)OCC(COP(=O)(O)OCC(O)COP(=O)(O)OCC(COC(=O)CCCCCCCCCCCCCCC)OC(=O)CCCCCCC/C=C\CCCC)OC(=O)CCCCCCC/C=C\CCCCCC. The van der Waals surface area contributed by atoms with Crippen LogP contribution in [0.5, 0.6) is 0 Å². The van der Waals surface area contributed by atoms with E-state index in [4.69, 9.17) is 37.0 Å². The Labute approximate surface area is 582 Å². The Balaban J connectivity index is 5.37. The highest BCUT2D eigenvalue weighted by Gasteiger charge is 2.30. The van der Waals surface area contributed by atoms with Gasteiger partial charge in [0, 0.05) is 25.7 Å². The van der Waals surface area contributed by atoms with Gasteiger partial charge in [0.2, 0.25) is 0 Å². The zero-order valence-corrected chi connectivity index (χ0v) is 62.1. The Morgan fingerprint density at radius 2 is 0.573 bits per heavy atom. The summed E-state index contributed by atoms with van der Waals surface area (Å²) in [5.41, 5.74) is 0. The second-order valence-electron chi connectivity index (χ2n) is 24.9. The number of hydrogen-bond acceptors (Lipinski definition) is 15. The quantitative estimate of drug-likeness (QED) is 0.0169. The van der Waals surface area contributed by atoms with Crippen molar-refractivity contribution in [2.24, 2.45) is 0 Å². The standard InChI is InChI=1S/C77H134O17P2/c1-5-9-13-17-21-25-29-32-33-34-35-36-37-40-43-46-50-54-58-62-75(80)88-68-73(94-77(82)64-60-56-52-48-44-39-31-27-23-19-15-11-7-3)70-92-96(85,86)90-66-71(78)65-89-95(83,84)91-69-72(93-76(81)63-59-55-51-47-41-28-24-20-16-12-8-4)67-87-74(79)61-57-53-49-45-42-38-30-26-22-18-14-10-6-2/h9,13,20-21,24-25,27,31-33,35-36,40,43,50,54,71-73,78H,5-8,10-12,14-19,22-23,26,28-30,34,37-39,41-42,44-49,51-53,55-70H2,1-4H3,(H,83,84)(H,85,86)/b13-9-,24-20-,25-21-,31-27-,33-32-,36-35-,43-40-,54-50-. The Bertz CT molecular complexity index is 2200. The van der Waals surface area contributed by atoms with Gasteiger partial charge in [-0.2, -0.15) is 0 Å². The molecule has 0 heterocycles. The number of rotatable bonds is 70. The van der Waals surface area contributed by atoms with Crippen molar-refractivity contribution in [3.05, 3.63) is 97.2 Å². The number of aliphatic hydroxyl groups excluding tert-OH is 1. The maximum absolute atomic E-state index is 13.0. The van der Waals surface area contributed by atoms with Crippen LogP contribution in [0.4, 0.5) is 0 Å². The fourth-order valence-corrected chi connectivity index (χ4v) is 11.4. The predicted molar refractivity (Wildman–Crippen MR) is 390 cm³/mol. The van der Waals surface area contributed by atoms with Crippen molar-refractivity contribution < 1.29 is 80.2 Å². The molecule has 0 aromatic rings. The van der Waals surface area contributed by atoms with E-state index in [1.165, 1.54) is 96.3 Å². The minimum Gasteiger partial charge on any atom is -0.462 e. The lowest BCUT2D eigenvalue weighted by Gasteiger charge is -2.21. The molecule has 0 radical (unpaired) electrons. The summed E-state index contributed by atoms with van der Waals surface area (Å²) < 4.78 is 68.3. The number of carbonyl (C=O) groups is 4. The summed E-state index contributed by atoms with van der Waals surface area (Å²) >= 11 is 0. The van der Waals surface area contributed by atoms with Crippen LogP contribution in [0.2, 0.25) is 0 Å². The number of aliphatic hydroxyl groups is 1. The van der Waals surface area contributed by atoms with Gasteiger partial charge in [0.1, 0.15) is 19.3 Å². The topological polar surface area (TPSA) is 237 Å². The van der Waals surface area contributed by atoms with Gasteiger partial charge in [-0.05, 0) is 109 Å². The average molecular weight is 1390 g/mol. The number of ether oxygens (including phenoxy) is 4. The number of unbranched alkanes of at least 4 members (excludes halogenated alkanes) is 28. The van der Waals surface area contributed by atoms with Gasteiger partial charge in [-0.25, -0.2) is 9.13 Å². The molecule has 554 valence electrons. The molecule has 0 bridgehead atoms. The van der Waals surface area contributed by atoms with E-state index in [9.17, 15) is 43.2 Å². The summed E-state index contributed by atoms with van der Waals surface area (Å²) in [5.74, 6) is -2.28. The number of phosphoric ester groups is 2. The van der Waals surface area contributed by atoms with Gasteiger partial charge in [0.05, 0.1) is 26.4 Å². The fraction of sp³-hybridized carbons (Fsp3) is 0.740. The minimum absolute atomic E-state index is 0.0348. The third-order valence-corrected chi connectivity index (χ3v) is 17.4. The summed E-state index contributed by atoms with van der Waals surface area (Å²) in [6.07, 6.45) is 71.4. The molecule has 0 aliphatic rings. The monoisotopic (exact) mass is 1390 g/mol. The first-order valence-corrected chi connectivity index (χ1v) is 40.5. The number of allylic oxidation sites excluding steroid dienone is 16. The first kappa shape index (κ1) is 92.0. The average Bonchev–Trinajstić information content (AvgIpc) is 1.17. The van der Waals surface area contributed by atoms with Crippen LogP contribution in [0.15, 0.2) is 97.2 Å². The third kappa shape index (κ3) is 68.5. The molecule has 0 fully saturated rings. The molecule has 0 amide bonds. The Morgan fingerprint density at radius 3 is 0.938 bits per heavy atom. The van der Waals surface area contributed by atoms with E-state index >= 15 is 0 Å². The van der Waals surface area contributed by atoms with Crippen molar-refractivity contribution >= 4 is 39.5 Å². The Hall–Kier alpha value is -4.02. The summed E-state index contributed by atoms with van der Waals surface area (Å²) in [4.78, 5) is 72.7. The molecular weight excluding hydrogens is 1260 g/mol. The number of carbonyl (C=O) groups excluding carboxylic acids is 4. The van der Waals surface area contributed by atoms with Crippen LogP contribution in [-0.2, 0) is 65.4 Å². The molecule has 0 rings (SSSR count). The lowest BCUT2D eigenvalue weighted by molar-refractivity contribution is -0.161. The van der Waals surface area contributed by atoms with E-state index in [0.29, 0.717) is 32.1 Å². The zero-order chi connectivity index (χ0) is 70.4. The Morgan fingerprint density at radius 1 is 0.302 bits per heavy atom. The molecule has 0 aromatic heterocycles. The van der Waals surface area contributed by atoms with Crippen LogP contribution in [0.25, 0.3) is 0 Å². The molecule has 0 aliphatic heterocycles. The van der Waals surface area contributed by atoms with Gasteiger partial charge >= 0.3 is 39.5 Å². The number of phosphoric acid groups is 2. The van der Waals surface area contributed by atoms with Crippen molar-refractivity contribution in [3.63, 3.8) is 0 Å². The molecule has 0 aliphatic carbocycles. The molecule has 19 heteroatoms. The van der Waals surface area contributed by atoms with Gasteiger partial charge in [0.25, 0.3) is 0 Å². The molecule has 96 heavy (non-hydrogen) atoms. The summed E-state index contributed by atoms with van der Waals surface area (Å²) in [6, 6.07) is 0. The molecule has 0 spiro atoms. The van der Waals surface area contributed by atoms with Gasteiger partial charge in [-0.3, -0.25) is 37.3 Å². The van der Waals surface area contributed by atoms with Crippen LogP contribution in [-0.4, -0.2) is 96.7 Å². The van der Waals surface area contributed by atoms with Crippen molar-refractivity contribution in [3.8, 4) is 0 Å². The highest BCUT2D eigenvalue weighted by molar-refractivity contribution is 7.47. The van der Waals surface area contributed by atoms with Crippen molar-refractivity contribution in [2.75, 3.05) is 39.6 Å². The largest absolute Gasteiger partial charge is 0.472 e. The number of hydrogen-bond donors (Lipinski definition) is 3. The molecule has 3 N–H and O–H groups in total. The Kier molecular flexibility index (Phi) is 66.6. The van der Waals surface area contributed by atoms with Gasteiger partial charge < -0.3 is 33.8 Å². The van der Waals surface area contributed by atoms with Crippen molar-refractivity contribution in [1.82, 2.24) is 0 Å². The predicted octanol–water partition coefficient (Wildman–Crippen LogP) is 21.2. The first-order chi connectivity index (χ1) is 46.7.